The van der Waals surface area contributed by atoms with E-state index in [1.165, 1.54) is 23.9 Å². The van der Waals surface area contributed by atoms with Crippen LogP contribution in [-0.4, -0.2) is 25.8 Å². The highest BCUT2D eigenvalue weighted by Gasteiger charge is 2.21. The van der Waals surface area contributed by atoms with Crippen molar-refractivity contribution < 1.29 is 9.53 Å². The van der Waals surface area contributed by atoms with E-state index in [1.807, 2.05) is 0 Å². The van der Waals surface area contributed by atoms with Gasteiger partial charge in [0.1, 0.15) is 11.2 Å². The second-order valence-corrected chi connectivity index (χ2v) is 5.22. The molecule has 0 saturated carbocycles. The number of ether oxygens (including phenoxy) is 1. The molecule has 0 aromatic carbocycles. The van der Waals surface area contributed by atoms with Crippen LogP contribution in [0.1, 0.15) is 20.8 Å². The second kappa shape index (κ2) is 4.11. The molecule has 2 aromatic heterocycles. The van der Waals surface area contributed by atoms with E-state index < -0.39 is 22.9 Å². The molecule has 2 aromatic rings. The number of carbonyl (C=O) groups excluding carboxylic acids is 1. The maximum Gasteiger partial charge on any atom is 0.420 e. The Morgan fingerprint density at radius 3 is 2.53 bits per heavy atom. The van der Waals surface area contributed by atoms with Crippen LogP contribution in [0.4, 0.5) is 4.79 Å². The first kappa shape index (κ1) is 13.1. The molecule has 0 atom stereocenters. The van der Waals surface area contributed by atoms with Gasteiger partial charge in [0.15, 0.2) is 0 Å². The van der Waals surface area contributed by atoms with Crippen molar-refractivity contribution in [3.8, 4) is 0 Å². The number of H-pyrrole nitrogens is 1. The van der Waals surface area contributed by atoms with E-state index in [-0.39, 0.29) is 11.0 Å². The summed E-state index contributed by atoms with van der Waals surface area (Å²) in [5.74, 6) is 0. The van der Waals surface area contributed by atoms with Gasteiger partial charge in [-0.2, -0.15) is 0 Å². The molecule has 0 spiro atoms. The molecule has 0 bridgehead atoms. The fourth-order valence-corrected chi connectivity index (χ4v) is 1.75. The number of aryl methyl sites for hydroxylation is 1. The summed E-state index contributed by atoms with van der Waals surface area (Å²) < 4.78 is 7.57. The predicted octanol–water partition coefficient (Wildman–Crippen LogP) is 0.811. The number of nitrogens with zero attached hydrogens (tertiary/aromatic N) is 2. The first-order valence-corrected chi connectivity index (χ1v) is 5.74. The second-order valence-electron chi connectivity index (χ2n) is 5.22. The zero-order chi connectivity index (χ0) is 14.4. The van der Waals surface area contributed by atoms with E-state index in [9.17, 15) is 14.4 Å². The van der Waals surface area contributed by atoms with Gasteiger partial charge in [0, 0.05) is 13.2 Å². The standard InChI is InChI=1S/C12H15N3O4/c1-12(2,3)19-11(18)15-6-5-7-8(16)13-10(17)14(4)9(7)15/h5-6H,1-4H3,(H,13,16,17). The topological polar surface area (TPSA) is 86.1 Å². The zero-order valence-electron chi connectivity index (χ0n) is 11.2. The average molecular weight is 265 g/mol. The van der Waals surface area contributed by atoms with Gasteiger partial charge in [-0.3, -0.25) is 14.3 Å². The molecular formula is C12H15N3O4. The van der Waals surface area contributed by atoms with E-state index in [4.69, 9.17) is 4.74 Å². The Morgan fingerprint density at radius 2 is 1.95 bits per heavy atom. The van der Waals surface area contributed by atoms with Gasteiger partial charge < -0.3 is 4.74 Å². The maximum atomic E-state index is 12.0. The molecule has 1 N–H and O–H groups in total. The number of hydrogen-bond acceptors (Lipinski definition) is 4. The third-order valence-electron chi connectivity index (χ3n) is 2.54. The molecule has 0 unspecified atom stereocenters. The lowest BCUT2D eigenvalue weighted by molar-refractivity contribution is 0.0543. The van der Waals surface area contributed by atoms with Gasteiger partial charge in [-0.05, 0) is 26.8 Å². The Labute approximate surface area is 108 Å². The quantitative estimate of drug-likeness (QED) is 0.763. The summed E-state index contributed by atoms with van der Waals surface area (Å²) in [5.41, 5.74) is -1.56. The fourth-order valence-electron chi connectivity index (χ4n) is 1.75. The highest BCUT2D eigenvalue weighted by molar-refractivity contribution is 5.86. The maximum absolute atomic E-state index is 12.0. The lowest BCUT2D eigenvalue weighted by Gasteiger charge is -2.20. The number of rotatable bonds is 0. The Morgan fingerprint density at radius 1 is 1.32 bits per heavy atom. The van der Waals surface area contributed by atoms with E-state index in [1.54, 1.807) is 20.8 Å². The van der Waals surface area contributed by atoms with Crippen molar-refractivity contribution in [1.29, 1.82) is 0 Å². The first-order valence-electron chi connectivity index (χ1n) is 5.74. The average Bonchev–Trinajstić information content (AvgIpc) is 2.68. The number of aromatic amines is 1. The Hall–Kier alpha value is -2.31. The molecule has 0 aliphatic rings. The lowest BCUT2D eigenvalue weighted by Crippen LogP contribution is -2.31. The highest BCUT2D eigenvalue weighted by atomic mass is 16.6. The SMILES string of the molecule is Cn1c(=O)[nH]c(=O)c2ccn(C(=O)OC(C)(C)C)c21. The lowest BCUT2D eigenvalue weighted by atomic mass is 10.2. The van der Waals surface area contributed by atoms with Gasteiger partial charge in [0.05, 0.1) is 5.39 Å². The van der Waals surface area contributed by atoms with Crippen LogP contribution >= 0.6 is 0 Å². The van der Waals surface area contributed by atoms with Crippen molar-refractivity contribution in [2.24, 2.45) is 7.05 Å². The largest absolute Gasteiger partial charge is 0.443 e. The van der Waals surface area contributed by atoms with Gasteiger partial charge in [0.25, 0.3) is 5.56 Å². The normalized spacial score (nSPS) is 11.8. The molecule has 0 aliphatic carbocycles. The summed E-state index contributed by atoms with van der Waals surface area (Å²) in [4.78, 5) is 37.4. The van der Waals surface area contributed by atoms with Crippen molar-refractivity contribution in [2.45, 2.75) is 26.4 Å². The zero-order valence-corrected chi connectivity index (χ0v) is 11.2. The highest BCUT2D eigenvalue weighted by Crippen LogP contribution is 2.13. The summed E-state index contributed by atoms with van der Waals surface area (Å²) >= 11 is 0. The summed E-state index contributed by atoms with van der Waals surface area (Å²) in [6, 6.07) is 1.47. The van der Waals surface area contributed by atoms with Crippen LogP contribution in [-0.2, 0) is 11.8 Å². The van der Waals surface area contributed by atoms with Gasteiger partial charge in [-0.25, -0.2) is 14.2 Å². The molecule has 2 heterocycles. The van der Waals surface area contributed by atoms with Crippen molar-refractivity contribution in [2.75, 3.05) is 0 Å². The number of hydrogen-bond donors (Lipinski definition) is 1. The molecular weight excluding hydrogens is 250 g/mol. The van der Waals surface area contributed by atoms with E-state index >= 15 is 0 Å². The molecule has 2 rings (SSSR count). The summed E-state index contributed by atoms with van der Waals surface area (Å²) in [6.45, 7) is 5.22. The van der Waals surface area contributed by atoms with E-state index in [2.05, 4.69) is 4.98 Å². The molecule has 19 heavy (non-hydrogen) atoms. The number of aromatic nitrogens is 3. The fraction of sp³-hybridized carbons (Fsp3) is 0.417. The third kappa shape index (κ3) is 2.31. The summed E-state index contributed by atoms with van der Waals surface area (Å²) in [7, 11) is 1.47. The predicted molar refractivity (Wildman–Crippen MR) is 69.4 cm³/mol. The molecule has 7 nitrogen and oxygen atoms in total. The molecule has 0 radical (unpaired) electrons. The Bertz CT molecular complexity index is 758. The Balaban J connectivity index is 2.67. The van der Waals surface area contributed by atoms with Crippen LogP contribution in [0.25, 0.3) is 11.0 Å². The number of fused-ring (bicyclic) bond motifs is 1. The minimum absolute atomic E-state index is 0.211. The first-order chi connectivity index (χ1) is 8.70. The van der Waals surface area contributed by atoms with E-state index in [0.717, 1.165) is 4.57 Å². The summed E-state index contributed by atoms with van der Waals surface area (Å²) in [6.07, 6.45) is 0.774. The molecule has 0 aliphatic heterocycles. The van der Waals surface area contributed by atoms with Crippen molar-refractivity contribution in [3.05, 3.63) is 33.1 Å². The van der Waals surface area contributed by atoms with Gasteiger partial charge in [-0.1, -0.05) is 0 Å². The van der Waals surface area contributed by atoms with Crippen molar-refractivity contribution >= 4 is 17.1 Å². The summed E-state index contributed by atoms with van der Waals surface area (Å²) in [5, 5.41) is 0.257. The van der Waals surface area contributed by atoms with Crippen LogP contribution in [0, 0.1) is 0 Å². The van der Waals surface area contributed by atoms with Crippen LogP contribution < -0.4 is 11.2 Å². The van der Waals surface area contributed by atoms with Gasteiger partial charge in [0.2, 0.25) is 0 Å². The van der Waals surface area contributed by atoms with E-state index in [0.29, 0.717) is 0 Å². The van der Waals surface area contributed by atoms with Gasteiger partial charge in [-0.15, -0.1) is 0 Å². The molecule has 7 heteroatoms. The van der Waals surface area contributed by atoms with Crippen LogP contribution in [0.15, 0.2) is 21.9 Å². The smallest absolute Gasteiger partial charge is 0.420 e. The van der Waals surface area contributed by atoms with Crippen molar-refractivity contribution in [3.63, 3.8) is 0 Å². The Kier molecular flexibility index (Phi) is 2.84. The van der Waals surface area contributed by atoms with Crippen molar-refractivity contribution in [1.82, 2.24) is 14.1 Å². The minimum atomic E-state index is -0.659. The van der Waals surface area contributed by atoms with Gasteiger partial charge >= 0.3 is 11.8 Å². The van der Waals surface area contributed by atoms with Crippen LogP contribution in [0.5, 0.6) is 0 Å². The minimum Gasteiger partial charge on any atom is -0.443 e. The number of carbonyl (C=O) groups is 1. The molecule has 0 amide bonds. The molecule has 0 fully saturated rings. The third-order valence-corrected chi connectivity index (χ3v) is 2.54. The van der Waals surface area contributed by atoms with Crippen LogP contribution in [0.2, 0.25) is 0 Å². The monoisotopic (exact) mass is 265 g/mol. The molecule has 102 valence electrons. The molecule has 0 saturated heterocycles. The van der Waals surface area contributed by atoms with Crippen LogP contribution in [0.3, 0.4) is 0 Å². The number of nitrogens with one attached hydrogen (secondary N) is 1.